The fraction of sp³-hybridized carbons (Fsp3) is 0.458. The summed E-state index contributed by atoms with van der Waals surface area (Å²) < 4.78 is 46.3. The minimum Gasteiger partial charge on any atom is -0.493 e. The number of ether oxygens (including phenoxy) is 1. The average molecular weight is 474 g/mol. The van der Waals surface area contributed by atoms with Gasteiger partial charge in [0, 0.05) is 45.7 Å². The van der Waals surface area contributed by atoms with Gasteiger partial charge in [-0.25, -0.2) is 12.8 Å². The zero-order chi connectivity index (χ0) is 23.0. The maximum Gasteiger partial charge on any atom is 0.243 e. The second kappa shape index (κ2) is 9.04. The molecule has 33 heavy (non-hydrogen) atoms. The highest BCUT2D eigenvalue weighted by Gasteiger charge is 2.41. The van der Waals surface area contributed by atoms with E-state index in [0.29, 0.717) is 32.5 Å². The Balaban J connectivity index is 1.21. The second-order valence-electron chi connectivity index (χ2n) is 8.87. The van der Waals surface area contributed by atoms with Crippen LogP contribution in [0.5, 0.6) is 5.75 Å². The zero-order valence-corrected chi connectivity index (χ0v) is 19.3. The van der Waals surface area contributed by atoms with E-state index in [9.17, 15) is 17.6 Å². The number of benzene rings is 2. The van der Waals surface area contributed by atoms with Crippen LogP contribution in [0.25, 0.3) is 0 Å². The molecule has 2 saturated heterocycles. The lowest BCUT2D eigenvalue weighted by Gasteiger charge is -2.37. The quantitative estimate of drug-likeness (QED) is 0.666. The Labute approximate surface area is 193 Å². The fourth-order valence-electron chi connectivity index (χ4n) is 4.95. The third kappa shape index (κ3) is 4.49. The van der Waals surface area contributed by atoms with Crippen molar-refractivity contribution in [3.8, 4) is 5.75 Å². The van der Waals surface area contributed by atoms with Gasteiger partial charge in [-0.1, -0.05) is 12.1 Å². The predicted molar refractivity (Wildman–Crippen MR) is 121 cm³/mol. The van der Waals surface area contributed by atoms with E-state index in [4.69, 9.17) is 4.74 Å². The highest BCUT2D eigenvalue weighted by molar-refractivity contribution is 7.89. The molecule has 0 N–H and O–H groups in total. The molecule has 0 radical (unpaired) electrons. The Morgan fingerprint density at radius 1 is 1.03 bits per heavy atom. The Kier molecular flexibility index (Phi) is 6.11. The molecular weight excluding hydrogens is 445 g/mol. The molecule has 1 amide bonds. The van der Waals surface area contributed by atoms with Crippen LogP contribution in [0.1, 0.15) is 24.0 Å². The van der Waals surface area contributed by atoms with E-state index in [1.54, 1.807) is 4.90 Å². The number of halogens is 1. The van der Waals surface area contributed by atoms with Crippen molar-refractivity contribution < 1.29 is 22.3 Å². The Hall–Kier alpha value is -2.49. The van der Waals surface area contributed by atoms with Gasteiger partial charge in [-0.3, -0.25) is 9.69 Å². The van der Waals surface area contributed by atoms with Crippen molar-refractivity contribution in [2.24, 2.45) is 0 Å². The molecule has 176 valence electrons. The standard InChI is InChI=1S/C24H28FN3O4S/c25-20-4-6-21(7-5-20)33(30,31)28-10-1-2-22(28)24(29)27-13-11-26(12-14-27)17-18-3-8-23-19(16-18)9-15-32-23/h3-8,16,22H,1-2,9-15,17H2/t22-/m1/s1. The molecule has 7 nitrogen and oxygen atoms in total. The van der Waals surface area contributed by atoms with E-state index in [-0.39, 0.29) is 10.8 Å². The lowest BCUT2D eigenvalue weighted by atomic mass is 10.1. The van der Waals surface area contributed by atoms with Crippen LogP contribution in [0.4, 0.5) is 4.39 Å². The van der Waals surface area contributed by atoms with Crippen molar-refractivity contribution in [3.05, 3.63) is 59.4 Å². The fourth-order valence-corrected chi connectivity index (χ4v) is 6.60. The summed E-state index contributed by atoms with van der Waals surface area (Å²) in [6.07, 6.45) is 2.10. The van der Waals surface area contributed by atoms with Crippen LogP contribution in [0.2, 0.25) is 0 Å². The molecule has 2 aromatic carbocycles. The summed E-state index contributed by atoms with van der Waals surface area (Å²) in [6.45, 7) is 4.52. The van der Waals surface area contributed by atoms with Crippen LogP contribution in [-0.4, -0.2) is 73.8 Å². The molecule has 0 aliphatic carbocycles. The van der Waals surface area contributed by atoms with Gasteiger partial charge in [0.1, 0.15) is 17.6 Å². The van der Waals surface area contributed by atoms with Gasteiger partial charge < -0.3 is 9.64 Å². The SMILES string of the molecule is O=C([C@H]1CCCN1S(=O)(=O)c1ccc(F)cc1)N1CCN(Cc2ccc3c(c2)CCO3)CC1. The smallest absolute Gasteiger partial charge is 0.243 e. The maximum atomic E-state index is 13.3. The van der Waals surface area contributed by atoms with E-state index in [2.05, 4.69) is 17.0 Å². The highest BCUT2D eigenvalue weighted by atomic mass is 32.2. The summed E-state index contributed by atoms with van der Waals surface area (Å²) >= 11 is 0. The summed E-state index contributed by atoms with van der Waals surface area (Å²) in [7, 11) is -3.85. The van der Waals surface area contributed by atoms with Crippen LogP contribution in [0.3, 0.4) is 0 Å². The molecule has 3 aliphatic heterocycles. The number of hydrogen-bond acceptors (Lipinski definition) is 5. The van der Waals surface area contributed by atoms with Crippen LogP contribution >= 0.6 is 0 Å². The molecular formula is C24H28FN3O4S. The van der Waals surface area contributed by atoms with Gasteiger partial charge in [0.15, 0.2) is 0 Å². The molecule has 0 bridgehead atoms. The normalized spacial score (nSPS) is 21.7. The summed E-state index contributed by atoms with van der Waals surface area (Å²) in [5.74, 6) is 0.354. The lowest BCUT2D eigenvalue weighted by molar-refractivity contribution is -0.136. The highest BCUT2D eigenvalue weighted by Crippen LogP contribution is 2.29. The van der Waals surface area contributed by atoms with Crippen molar-refractivity contribution in [2.45, 2.75) is 36.7 Å². The number of carbonyl (C=O) groups is 1. The molecule has 0 spiro atoms. The zero-order valence-electron chi connectivity index (χ0n) is 18.5. The van der Waals surface area contributed by atoms with E-state index in [1.807, 2.05) is 6.07 Å². The van der Waals surface area contributed by atoms with Gasteiger partial charge in [-0.2, -0.15) is 4.31 Å². The molecule has 0 unspecified atom stereocenters. The van der Waals surface area contributed by atoms with Gasteiger partial charge in [0.2, 0.25) is 15.9 Å². The molecule has 3 aliphatic rings. The van der Waals surface area contributed by atoms with E-state index in [0.717, 1.165) is 50.5 Å². The van der Waals surface area contributed by atoms with Crippen molar-refractivity contribution in [1.29, 1.82) is 0 Å². The van der Waals surface area contributed by atoms with E-state index in [1.165, 1.54) is 27.6 Å². The lowest BCUT2D eigenvalue weighted by Crippen LogP contribution is -2.54. The van der Waals surface area contributed by atoms with Gasteiger partial charge in [0.05, 0.1) is 11.5 Å². The minimum atomic E-state index is -3.85. The van der Waals surface area contributed by atoms with Crippen molar-refractivity contribution in [3.63, 3.8) is 0 Å². The predicted octanol–water partition coefficient (Wildman–Crippen LogP) is 2.26. The van der Waals surface area contributed by atoms with Gasteiger partial charge >= 0.3 is 0 Å². The van der Waals surface area contributed by atoms with Crippen LogP contribution in [-0.2, 0) is 27.8 Å². The number of piperazine rings is 1. The van der Waals surface area contributed by atoms with E-state index >= 15 is 0 Å². The second-order valence-corrected chi connectivity index (χ2v) is 10.8. The number of amides is 1. The first-order valence-electron chi connectivity index (χ1n) is 11.4. The maximum absolute atomic E-state index is 13.3. The van der Waals surface area contributed by atoms with E-state index < -0.39 is 21.9 Å². The molecule has 3 heterocycles. The van der Waals surface area contributed by atoms with Crippen molar-refractivity contribution in [2.75, 3.05) is 39.3 Å². The summed E-state index contributed by atoms with van der Waals surface area (Å²) in [5.41, 5.74) is 2.50. The summed E-state index contributed by atoms with van der Waals surface area (Å²) in [4.78, 5) is 17.4. The van der Waals surface area contributed by atoms with Crippen LogP contribution in [0.15, 0.2) is 47.4 Å². The van der Waals surface area contributed by atoms with Crippen molar-refractivity contribution in [1.82, 2.24) is 14.1 Å². The average Bonchev–Trinajstić information content (AvgIpc) is 3.49. The molecule has 1 atom stereocenters. The van der Waals surface area contributed by atoms with Gasteiger partial charge in [0.25, 0.3) is 0 Å². The third-order valence-electron chi connectivity index (χ3n) is 6.75. The Bertz CT molecular complexity index is 1130. The first kappa shape index (κ1) is 22.3. The molecule has 5 rings (SSSR count). The first-order valence-corrected chi connectivity index (χ1v) is 12.9. The molecule has 0 saturated carbocycles. The van der Waals surface area contributed by atoms with Crippen molar-refractivity contribution >= 4 is 15.9 Å². The van der Waals surface area contributed by atoms with Gasteiger partial charge in [-0.05, 0) is 54.3 Å². The number of rotatable bonds is 5. The first-order chi connectivity index (χ1) is 15.9. The third-order valence-corrected chi connectivity index (χ3v) is 8.68. The number of sulfonamides is 1. The monoisotopic (exact) mass is 473 g/mol. The van der Waals surface area contributed by atoms with Crippen LogP contribution in [0, 0.1) is 5.82 Å². The Morgan fingerprint density at radius 2 is 1.79 bits per heavy atom. The number of nitrogens with zero attached hydrogens (tertiary/aromatic N) is 3. The molecule has 2 fully saturated rings. The van der Waals surface area contributed by atoms with Gasteiger partial charge in [-0.15, -0.1) is 0 Å². The largest absolute Gasteiger partial charge is 0.493 e. The summed E-state index contributed by atoms with van der Waals surface area (Å²) in [5, 5.41) is 0. The number of hydrogen-bond donors (Lipinski definition) is 0. The number of carbonyl (C=O) groups excluding carboxylic acids is 1. The van der Waals surface area contributed by atoms with Crippen LogP contribution < -0.4 is 4.74 Å². The topological polar surface area (TPSA) is 70.2 Å². The molecule has 0 aromatic heterocycles. The summed E-state index contributed by atoms with van der Waals surface area (Å²) in [6, 6.07) is 10.4. The number of fused-ring (bicyclic) bond motifs is 1. The molecule has 9 heteroatoms. The molecule has 2 aromatic rings. The Morgan fingerprint density at radius 3 is 2.55 bits per heavy atom. The minimum absolute atomic E-state index is 0.0214.